The van der Waals surface area contributed by atoms with Gasteiger partial charge in [0.15, 0.2) is 0 Å². The number of amides is 1. The van der Waals surface area contributed by atoms with E-state index in [9.17, 15) is 18.0 Å². The van der Waals surface area contributed by atoms with Gasteiger partial charge in [0.2, 0.25) is 0 Å². The van der Waals surface area contributed by atoms with Crippen LogP contribution in [0.1, 0.15) is 15.2 Å². The Morgan fingerprint density at radius 1 is 1.25 bits per heavy atom. The molecule has 0 spiro atoms. The first-order chi connectivity index (χ1) is 9.27. The van der Waals surface area contributed by atoms with Gasteiger partial charge in [-0.2, -0.15) is 13.2 Å². The van der Waals surface area contributed by atoms with Gasteiger partial charge in [-0.1, -0.05) is 11.6 Å². The first-order valence-electron chi connectivity index (χ1n) is 5.21. The SMILES string of the molecule is O=C(Nc1ccc(C(F)(F)F)cc1Cl)c1ccc(Br)s1. The summed E-state index contributed by atoms with van der Waals surface area (Å²) in [6.45, 7) is 0. The van der Waals surface area contributed by atoms with E-state index in [2.05, 4.69) is 21.2 Å². The third-order valence-corrected chi connectivity index (χ3v) is 4.28. The molecular formula is C12H6BrClF3NOS. The molecule has 20 heavy (non-hydrogen) atoms. The van der Waals surface area contributed by atoms with Crippen molar-refractivity contribution in [2.75, 3.05) is 5.32 Å². The summed E-state index contributed by atoms with van der Waals surface area (Å²) in [4.78, 5) is 12.3. The number of carbonyl (C=O) groups excluding carboxylic acids is 1. The zero-order valence-corrected chi connectivity index (χ0v) is 12.8. The molecule has 1 amide bonds. The Morgan fingerprint density at radius 2 is 1.95 bits per heavy atom. The Labute approximate surface area is 129 Å². The summed E-state index contributed by atoms with van der Waals surface area (Å²) < 4.78 is 38.2. The number of thiophene rings is 1. The molecule has 2 nitrogen and oxygen atoms in total. The lowest BCUT2D eigenvalue weighted by molar-refractivity contribution is -0.137. The number of halogens is 5. The van der Waals surface area contributed by atoms with Crippen molar-refractivity contribution in [2.45, 2.75) is 6.18 Å². The van der Waals surface area contributed by atoms with Crippen molar-refractivity contribution in [3.8, 4) is 0 Å². The molecule has 1 aromatic heterocycles. The molecule has 1 heterocycles. The predicted octanol–water partition coefficient (Wildman–Crippen LogP) is 5.44. The maximum atomic E-state index is 12.5. The van der Waals surface area contributed by atoms with E-state index in [-0.39, 0.29) is 10.7 Å². The number of benzene rings is 1. The van der Waals surface area contributed by atoms with Crippen LogP contribution in [0.4, 0.5) is 18.9 Å². The third kappa shape index (κ3) is 3.53. The summed E-state index contributed by atoms with van der Waals surface area (Å²) in [7, 11) is 0. The quantitative estimate of drug-likeness (QED) is 0.734. The van der Waals surface area contributed by atoms with Crippen LogP contribution in [0, 0.1) is 0 Å². The Bertz CT molecular complexity index is 656. The summed E-state index contributed by atoms with van der Waals surface area (Å²) in [5.41, 5.74) is -0.728. The van der Waals surface area contributed by atoms with E-state index < -0.39 is 17.6 Å². The Kier molecular flexibility index (Phi) is 4.41. The molecule has 0 saturated heterocycles. The Morgan fingerprint density at radius 3 is 2.45 bits per heavy atom. The van der Waals surface area contributed by atoms with Crippen molar-refractivity contribution >= 4 is 50.5 Å². The highest BCUT2D eigenvalue weighted by Gasteiger charge is 2.31. The van der Waals surface area contributed by atoms with Crippen LogP contribution >= 0.6 is 38.9 Å². The van der Waals surface area contributed by atoms with Crippen LogP contribution < -0.4 is 5.32 Å². The molecule has 0 atom stereocenters. The number of hydrogen-bond acceptors (Lipinski definition) is 2. The number of rotatable bonds is 2. The first-order valence-corrected chi connectivity index (χ1v) is 7.19. The van der Waals surface area contributed by atoms with E-state index in [0.29, 0.717) is 4.88 Å². The van der Waals surface area contributed by atoms with Gasteiger partial charge < -0.3 is 5.32 Å². The second kappa shape index (κ2) is 5.75. The fourth-order valence-electron chi connectivity index (χ4n) is 1.41. The van der Waals surface area contributed by atoms with Crippen molar-refractivity contribution in [2.24, 2.45) is 0 Å². The molecule has 2 aromatic rings. The van der Waals surface area contributed by atoms with Gasteiger partial charge in [0.1, 0.15) is 0 Å². The van der Waals surface area contributed by atoms with Gasteiger partial charge >= 0.3 is 6.18 Å². The molecule has 0 aliphatic rings. The molecule has 1 aromatic carbocycles. The number of nitrogens with one attached hydrogen (secondary N) is 1. The van der Waals surface area contributed by atoms with Gasteiger partial charge in [0.05, 0.1) is 24.9 Å². The summed E-state index contributed by atoms with van der Waals surface area (Å²) in [6, 6.07) is 6.08. The fraction of sp³-hybridized carbons (Fsp3) is 0.0833. The highest BCUT2D eigenvalue weighted by molar-refractivity contribution is 9.11. The molecule has 8 heteroatoms. The van der Waals surface area contributed by atoms with E-state index in [4.69, 9.17) is 11.6 Å². The highest BCUT2D eigenvalue weighted by atomic mass is 79.9. The molecular weight excluding hydrogens is 379 g/mol. The van der Waals surface area contributed by atoms with Crippen LogP contribution in [0.5, 0.6) is 0 Å². The summed E-state index contributed by atoms with van der Waals surface area (Å²) >= 11 is 10.2. The van der Waals surface area contributed by atoms with Gasteiger partial charge in [-0.15, -0.1) is 11.3 Å². The molecule has 1 N–H and O–H groups in total. The number of hydrogen-bond donors (Lipinski definition) is 1. The van der Waals surface area contributed by atoms with Gasteiger partial charge in [-0.05, 0) is 46.3 Å². The Hall–Kier alpha value is -1.05. The van der Waals surface area contributed by atoms with Gasteiger partial charge in [0.25, 0.3) is 5.91 Å². The maximum absolute atomic E-state index is 12.5. The molecule has 0 saturated carbocycles. The van der Waals surface area contributed by atoms with Crippen LogP contribution in [0.25, 0.3) is 0 Å². The van der Waals surface area contributed by atoms with Gasteiger partial charge in [0, 0.05) is 0 Å². The number of carbonyl (C=O) groups is 1. The topological polar surface area (TPSA) is 29.1 Å². The first kappa shape index (κ1) is 15.3. The maximum Gasteiger partial charge on any atom is 0.416 e. The van der Waals surface area contributed by atoms with E-state index in [0.717, 1.165) is 22.0 Å². The van der Waals surface area contributed by atoms with Crippen molar-refractivity contribution in [3.63, 3.8) is 0 Å². The van der Waals surface area contributed by atoms with E-state index in [1.807, 2.05) is 0 Å². The highest BCUT2D eigenvalue weighted by Crippen LogP contribution is 2.34. The lowest BCUT2D eigenvalue weighted by Crippen LogP contribution is -2.11. The molecule has 106 valence electrons. The second-order valence-electron chi connectivity index (χ2n) is 3.75. The summed E-state index contributed by atoms with van der Waals surface area (Å²) in [5, 5.41) is 2.31. The molecule has 0 bridgehead atoms. The summed E-state index contributed by atoms with van der Waals surface area (Å²) in [6.07, 6.45) is -4.47. The zero-order chi connectivity index (χ0) is 14.9. The third-order valence-electron chi connectivity index (χ3n) is 2.34. The van der Waals surface area contributed by atoms with E-state index in [1.54, 1.807) is 12.1 Å². The van der Waals surface area contributed by atoms with Crippen molar-refractivity contribution < 1.29 is 18.0 Å². The average molecular weight is 385 g/mol. The minimum Gasteiger partial charge on any atom is -0.320 e. The van der Waals surface area contributed by atoms with Crippen LogP contribution in [-0.2, 0) is 6.18 Å². The molecule has 0 fully saturated rings. The van der Waals surface area contributed by atoms with Crippen LogP contribution in [0.15, 0.2) is 34.1 Å². The standard InChI is InChI=1S/C12H6BrClF3NOS/c13-10-4-3-9(20-10)11(19)18-8-2-1-6(5-7(8)14)12(15,16)17/h1-5H,(H,18,19). The fourth-order valence-corrected chi connectivity index (χ4v) is 2.92. The van der Waals surface area contributed by atoms with E-state index in [1.165, 1.54) is 11.3 Å². The lowest BCUT2D eigenvalue weighted by atomic mass is 10.2. The monoisotopic (exact) mass is 383 g/mol. The van der Waals surface area contributed by atoms with Gasteiger partial charge in [-0.25, -0.2) is 0 Å². The van der Waals surface area contributed by atoms with Gasteiger partial charge in [-0.3, -0.25) is 4.79 Å². The van der Waals surface area contributed by atoms with Crippen molar-refractivity contribution in [3.05, 3.63) is 49.6 Å². The van der Waals surface area contributed by atoms with Crippen LogP contribution in [-0.4, -0.2) is 5.91 Å². The molecule has 0 unspecified atom stereocenters. The van der Waals surface area contributed by atoms with Crippen LogP contribution in [0.3, 0.4) is 0 Å². The molecule has 2 rings (SSSR count). The normalized spacial score (nSPS) is 11.4. The van der Waals surface area contributed by atoms with Crippen LogP contribution in [0.2, 0.25) is 5.02 Å². The lowest BCUT2D eigenvalue weighted by Gasteiger charge is -2.10. The minimum atomic E-state index is -4.47. The van der Waals surface area contributed by atoms with E-state index >= 15 is 0 Å². The van der Waals surface area contributed by atoms with Crippen molar-refractivity contribution in [1.82, 2.24) is 0 Å². The van der Waals surface area contributed by atoms with Crippen molar-refractivity contribution in [1.29, 1.82) is 0 Å². The molecule has 0 radical (unpaired) electrons. The molecule has 0 aliphatic heterocycles. The Balaban J connectivity index is 2.20. The predicted molar refractivity (Wildman–Crippen MR) is 76.4 cm³/mol. The number of alkyl halides is 3. The summed E-state index contributed by atoms with van der Waals surface area (Å²) in [5.74, 6) is -0.428. The smallest absolute Gasteiger partial charge is 0.320 e. The minimum absolute atomic E-state index is 0.134. The molecule has 0 aliphatic carbocycles. The second-order valence-corrected chi connectivity index (χ2v) is 6.62. The number of anilines is 1. The largest absolute Gasteiger partial charge is 0.416 e. The zero-order valence-electron chi connectivity index (χ0n) is 9.59. The average Bonchev–Trinajstić information content (AvgIpc) is 2.77.